The van der Waals surface area contributed by atoms with E-state index in [9.17, 15) is 5.11 Å². The first-order valence-electron chi connectivity index (χ1n) is 11.2. The van der Waals surface area contributed by atoms with Gasteiger partial charge in [0, 0.05) is 24.6 Å². The highest BCUT2D eigenvalue weighted by Crippen LogP contribution is 2.31. The predicted molar refractivity (Wildman–Crippen MR) is 125 cm³/mol. The minimum absolute atomic E-state index is 0.00507. The van der Waals surface area contributed by atoms with Crippen LogP contribution in [0.15, 0.2) is 53.5 Å². The van der Waals surface area contributed by atoms with E-state index in [1.54, 1.807) is 11.8 Å². The van der Waals surface area contributed by atoms with Crippen molar-refractivity contribution in [2.24, 2.45) is 10.9 Å². The van der Waals surface area contributed by atoms with Crippen molar-refractivity contribution in [3.63, 3.8) is 0 Å². The molecule has 0 radical (unpaired) electrons. The maximum Gasteiger partial charge on any atom is 0.161 e. The monoisotopic (exact) mass is 439 g/mol. The Morgan fingerprint density at radius 3 is 2.58 bits per heavy atom. The highest BCUT2D eigenvalue weighted by molar-refractivity contribution is 7.99. The van der Waals surface area contributed by atoms with Crippen LogP contribution in [0.4, 0.5) is 0 Å². The summed E-state index contributed by atoms with van der Waals surface area (Å²) >= 11 is 1.63. The number of rotatable bonds is 10. The van der Waals surface area contributed by atoms with Crippen LogP contribution in [0.5, 0.6) is 11.5 Å². The molecule has 1 fully saturated rings. The second-order valence-corrected chi connectivity index (χ2v) is 9.25. The zero-order valence-corrected chi connectivity index (χ0v) is 18.8. The fourth-order valence-corrected chi connectivity index (χ4v) is 4.97. The first-order valence-corrected chi connectivity index (χ1v) is 12.3. The summed E-state index contributed by atoms with van der Waals surface area (Å²) in [5.41, 5.74) is 2.46. The topological polar surface area (TPSA) is 57.1 Å². The minimum atomic E-state index is -0.00507. The van der Waals surface area contributed by atoms with Gasteiger partial charge in [-0.1, -0.05) is 36.4 Å². The van der Waals surface area contributed by atoms with Gasteiger partial charge in [0.15, 0.2) is 11.5 Å². The third kappa shape index (κ3) is 6.91. The normalized spacial score (nSPS) is 17.6. The maximum absolute atomic E-state index is 12.4. The summed E-state index contributed by atoms with van der Waals surface area (Å²) in [5, 5.41) is 12.4. The van der Waals surface area contributed by atoms with E-state index in [-0.39, 0.29) is 5.90 Å². The van der Waals surface area contributed by atoms with Crippen LogP contribution < -0.4 is 14.6 Å². The van der Waals surface area contributed by atoms with E-state index >= 15 is 0 Å². The Labute approximate surface area is 189 Å². The largest absolute Gasteiger partial charge is 0.861 e. The Morgan fingerprint density at radius 1 is 1.00 bits per heavy atom. The van der Waals surface area contributed by atoms with E-state index in [2.05, 4.69) is 34.2 Å². The van der Waals surface area contributed by atoms with Crippen molar-refractivity contribution in [3.8, 4) is 11.5 Å². The smallest absolute Gasteiger partial charge is 0.161 e. The molecule has 5 nitrogen and oxygen atoms in total. The number of likely N-dealkylation sites (tertiary alicyclic amines) is 1. The van der Waals surface area contributed by atoms with E-state index in [0.717, 1.165) is 43.3 Å². The average molecular weight is 440 g/mol. The molecule has 0 amide bonds. The minimum Gasteiger partial charge on any atom is -0.861 e. The molecule has 0 aromatic heterocycles. The summed E-state index contributed by atoms with van der Waals surface area (Å²) in [7, 11) is 0. The molecule has 2 aromatic rings. The number of benzene rings is 2. The lowest BCUT2D eigenvalue weighted by molar-refractivity contribution is -0.215. The first kappa shape index (κ1) is 22.0. The van der Waals surface area contributed by atoms with Gasteiger partial charge >= 0.3 is 0 Å². The van der Waals surface area contributed by atoms with E-state index in [0.29, 0.717) is 31.4 Å². The van der Waals surface area contributed by atoms with Crippen LogP contribution in [0.2, 0.25) is 0 Å². The molecule has 1 atom stereocenters. The molecule has 0 N–H and O–H groups in total. The van der Waals surface area contributed by atoms with Gasteiger partial charge in [-0.25, -0.2) is 0 Å². The molecule has 2 aliphatic rings. The number of hydrogen-bond acceptors (Lipinski definition) is 6. The molecule has 0 aliphatic carbocycles. The molecular formula is C25H31N2O3S-. The van der Waals surface area contributed by atoms with E-state index < -0.39 is 0 Å². The molecule has 2 aromatic carbocycles. The van der Waals surface area contributed by atoms with Crippen molar-refractivity contribution in [3.05, 3.63) is 59.7 Å². The van der Waals surface area contributed by atoms with Crippen LogP contribution in [0.25, 0.3) is 0 Å². The lowest BCUT2D eigenvalue weighted by Crippen LogP contribution is -2.30. The molecule has 6 heteroatoms. The molecule has 2 heterocycles. The fraction of sp³-hybridized carbons (Fsp3) is 0.480. The predicted octanol–water partition coefficient (Wildman–Crippen LogP) is 3.40. The Kier molecular flexibility index (Phi) is 8.13. The van der Waals surface area contributed by atoms with E-state index in [1.165, 1.54) is 24.0 Å². The molecule has 0 unspecified atom stereocenters. The zero-order valence-electron chi connectivity index (χ0n) is 18.0. The molecule has 1 saturated heterocycles. The Morgan fingerprint density at radius 2 is 1.77 bits per heavy atom. The average Bonchev–Trinajstić information content (AvgIpc) is 3.31. The molecule has 0 saturated carbocycles. The lowest BCUT2D eigenvalue weighted by Gasteiger charge is -2.24. The number of thioether (sulfide) groups is 1. The molecule has 0 bridgehead atoms. The summed E-state index contributed by atoms with van der Waals surface area (Å²) < 4.78 is 11.4. The maximum atomic E-state index is 12.4. The zero-order chi connectivity index (χ0) is 21.3. The number of hydrogen-bond donors (Lipinski definition) is 0. The second-order valence-electron chi connectivity index (χ2n) is 8.27. The molecular weight excluding hydrogens is 408 g/mol. The quantitative estimate of drug-likeness (QED) is 0.419. The fourth-order valence-electron chi connectivity index (χ4n) is 4.17. The summed E-state index contributed by atoms with van der Waals surface area (Å²) in [5.74, 6) is 3.25. The van der Waals surface area contributed by atoms with Crippen LogP contribution in [0.1, 0.15) is 24.0 Å². The van der Waals surface area contributed by atoms with Gasteiger partial charge in [0.2, 0.25) is 0 Å². The third-order valence-corrected chi connectivity index (χ3v) is 6.70. The van der Waals surface area contributed by atoms with Crippen LogP contribution >= 0.6 is 11.8 Å². The molecule has 2 aliphatic heterocycles. The van der Waals surface area contributed by atoms with Crippen LogP contribution in [0.3, 0.4) is 0 Å². The molecule has 31 heavy (non-hydrogen) atoms. The SMILES string of the molecule is [O-]C(CSCc1ccccc1)=NC[C@@H](Cc1ccc2c(c1)OCCO2)CN1CCCC1. The third-order valence-electron chi connectivity index (χ3n) is 5.71. The Bertz CT molecular complexity index is 853. The lowest BCUT2D eigenvalue weighted by atomic mass is 9.98. The number of fused-ring (bicyclic) bond motifs is 1. The van der Waals surface area contributed by atoms with Gasteiger partial charge < -0.3 is 24.5 Å². The van der Waals surface area contributed by atoms with Crippen molar-refractivity contribution in [1.82, 2.24) is 4.90 Å². The highest BCUT2D eigenvalue weighted by atomic mass is 32.2. The Hall–Kier alpha value is -2.18. The molecule has 4 rings (SSSR count). The van der Waals surface area contributed by atoms with Crippen LogP contribution in [-0.2, 0) is 12.2 Å². The van der Waals surface area contributed by atoms with Gasteiger partial charge in [-0.15, -0.1) is 0 Å². The summed E-state index contributed by atoms with van der Waals surface area (Å²) in [6.45, 7) is 5.07. The van der Waals surface area contributed by atoms with E-state index in [1.807, 2.05) is 24.3 Å². The van der Waals surface area contributed by atoms with Crippen molar-refractivity contribution < 1.29 is 14.6 Å². The van der Waals surface area contributed by atoms with Crippen molar-refractivity contribution in [1.29, 1.82) is 0 Å². The van der Waals surface area contributed by atoms with Crippen molar-refractivity contribution in [2.45, 2.75) is 25.0 Å². The summed E-state index contributed by atoms with van der Waals surface area (Å²) in [4.78, 5) is 6.95. The van der Waals surface area contributed by atoms with Gasteiger partial charge in [0.05, 0.1) is 0 Å². The van der Waals surface area contributed by atoms with Gasteiger partial charge in [-0.05, 0) is 67.4 Å². The van der Waals surface area contributed by atoms with Crippen molar-refractivity contribution in [2.75, 3.05) is 45.1 Å². The molecule has 0 spiro atoms. The number of nitrogens with zero attached hydrogens (tertiary/aromatic N) is 2. The highest BCUT2D eigenvalue weighted by Gasteiger charge is 2.19. The van der Waals surface area contributed by atoms with Gasteiger partial charge in [0.1, 0.15) is 13.2 Å². The second kappa shape index (κ2) is 11.4. The van der Waals surface area contributed by atoms with E-state index in [4.69, 9.17) is 9.47 Å². The number of aliphatic imine (C=N–C) groups is 1. The summed E-state index contributed by atoms with van der Waals surface area (Å²) in [6, 6.07) is 16.5. The summed E-state index contributed by atoms with van der Waals surface area (Å²) in [6.07, 6.45) is 3.42. The van der Waals surface area contributed by atoms with Crippen LogP contribution in [0, 0.1) is 5.92 Å². The van der Waals surface area contributed by atoms with Gasteiger partial charge in [0.25, 0.3) is 0 Å². The van der Waals surface area contributed by atoms with Crippen molar-refractivity contribution >= 4 is 17.7 Å². The first-order chi connectivity index (χ1) is 15.3. The Balaban J connectivity index is 1.33. The van der Waals surface area contributed by atoms with Gasteiger partial charge in [-0.3, -0.25) is 0 Å². The molecule has 166 valence electrons. The standard InChI is InChI=1S/C25H32N2O3S/c28-25(19-31-18-20-6-2-1-3-7-20)26-16-22(17-27-10-4-5-11-27)14-21-8-9-23-24(15-21)30-13-12-29-23/h1-3,6-9,15,22H,4-5,10-14,16-19H2,(H,26,28)/p-1/t22-/m1/s1. The van der Waals surface area contributed by atoms with Crippen LogP contribution in [-0.4, -0.2) is 55.9 Å². The van der Waals surface area contributed by atoms with Gasteiger partial charge in [-0.2, -0.15) is 11.8 Å². The number of ether oxygens (including phenoxy) is 2.